The van der Waals surface area contributed by atoms with Crippen molar-refractivity contribution in [3.63, 3.8) is 0 Å². The van der Waals surface area contributed by atoms with Crippen LogP contribution in [0.2, 0.25) is 0 Å². The Kier molecular flexibility index (Phi) is 5.33. The largest absolute Gasteiger partial charge is 0.497 e. The lowest BCUT2D eigenvalue weighted by molar-refractivity contribution is 0.00183. The third-order valence-electron chi connectivity index (χ3n) is 3.40. The molecule has 0 aromatic heterocycles. The highest BCUT2D eigenvalue weighted by molar-refractivity contribution is 8.17. The monoisotopic (exact) mass is 316 g/mol. The van der Waals surface area contributed by atoms with Gasteiger partial charge in [-0.3, -0.25) is 0 Å². The van der Waals surface area contributed by atoms with E-state index >= 15 is 0 Å². The Morgan fingerprint density at radius 2 is 2.10 bits per heavy atom. The highest BCUT2D eigenvalue weighted by Gasteiger charge is 2.34. The van der Waals surface area contributed by atoms with Gasteiger partial charge in [-0.1, -0.05) is 0 Å². The van der Waals surface area contributed by atoms with Gasteiger partial charge in [-0.15, -0.1) is 0 Å². The summed E-state index contributed by atoms with van der Waals surface area (Å²) in [4.78, 5) is 12.2. The van der Waals surface area contributed by atoms with Crippen molar-refractivity contribution in [1.29, 1.82) is 0 Å². The van der Waals surface area contributed by atoms with E-state index in [2.05, 4.69) is 0 Å². The summed E-state index contributed by atoms with van der Waals surface area (Å²) in [6.45, 7) is 0. The molecule has 21 heavy (non-hydrogen) atoms. The Hall–Kier alpha value is -1.44. The summed E-state index contributed by atoms with van der Waals surface area (Å²) < 4.78 is 15.6. The minimum Gasteiger partial charge on any atom is -0.497 e. The number of carbonyl (C=O) groups excluding carboxylic acids is 1. The van der Waals surface area contributed by atoms with Gasteiger partial charge in [0, 0.05) is 17.6 Å². The number of aliphatic hydroxyl groups excluding tert-OH is 2. The maximum absolute atomic E-state index is 12.2. The zero-order valence-electron chi connectivity index (χ0n) is 12.0. The zero-order chi connectivity index (χ0) is 15.4. The van der Waals surface area contributed by atoms with Gasteiger partial charge in [0.25, 0.3) is 0 Å². The van der Waals surface area contributed by atoms with Gasteiger partial charge in [0.15, 0.2) is 0 Å². The molecule has 6 nitrogen and oxygen atoms in total. The Labute approximate surface area is 126 Å². The fraction of sp³-hybridized carbons (Fsp3) is 0.500. The molecule has 1 unspecified atom stereocenters. The lowest BCUT2D eigenvalue weighted by Crippen LogP contribution is -2.29. The highest BCUT2D eigenvalue weighted by Crippen LogP contribution is 2.36. The van der Waals surface area contributed by atoms with Gasteiger partial charge in [0.2, 0.25) is 0 Å². The molecule has 7 heteroatoms. The molecule has 0 aliphatic carbocycles. The van der Waals surface area contributed by atoms with Crippen LogP contribution in [0.25, 0.3) is 0 Å². The van der Waals surface area contributed by atoms with Crippen LogP contribution in [0, 0.1) is 0 Å². The average molecular weight is 316 g/mol. The van der Waals surface area contributed by atoms with Crippen LogP contribution < -0.4 is 9.47 Å². The van der Waals surface area contributed by atoms with E-state index in [-0.39, 0.29) is 11.5 Å². The molecular weight excluding hydrogens is 296 g/mol. The molecule has 0 amide bonds. The minimum absolute atomic E-state index is 0.0479. The summed E-state index contributed by atoms with van der Waals surface area (Å²) in [6.07, 6.45) is -1.28. The van der Waals surface area contributed by atoms with Crippen LogP contribution in [0.15, 0.2) is 18.2 Å². The van der Waals surface area contributed by atoms with E-state index in [1.54, 1.807) is 18.2 Å². The van der Waals surface area contributed by atoms with Gasteiger partial charge < -0.3 is 24.4 Å². The summed E-state index contributed by atoms with van der Waals surface area (Å²) in [5.74, 6) is 1.46. The first kappa shape index (κ1) is 15.9. The van der Waals surface area contributed by atoms with Crippen LogP contribution in [-0.2, 0) is 4.74 Å². The van der Waals surface area contributed by atoms with Crippen molar-refractivity contribution in [3.8, 4) is 11.5 Å². The second-order valence-electron chi connectivity index (χ2n) is 4.75. The molecule has 2 rings (SSSR count). The third-order valence-corrected chi connectivity index (χ3v) is 5.57. The van der Waals surface area contributed by atoms with Gasteiger partial charge in [-0.05, 0) is 12.1 Å². The molecule has 1 saturated heterocycles. The normalized spacial score (nSPS) is 26.4. The number of aliphatic hydroxyl groups is 2. The quantitative estimate of drug-likeness (QED) is 0.543. The van der Waals surface area contributed by atoms with E-state index in [4.69, 9.17) is 19.3 Å². The van der Waals surface area contributed by atoms with Gasteiger partial charge >= 0.3 is 5.97 Å². The number of rotatable bonds is 5. The molecule has 118 valence electrons. The molecule has 0 saturated carbocycles. The van der Waals surface area contributed by atoms with Gasteiger partial charge in [0.05, 0.1) is 26.3 Å². The number of hydrogen-bond acceptors (Lipinski definition) is 6. The van der Waals surface area contributed by atoms with E-state index in [1.165, 1.54) is 14.2 Å². The van der Waals surface area contributed by atoms with E-state index in [0.717, 1.165) is 0 Å². The van der Waals surface area contributed by atoms with Crippen LogP contribution in [0.5, 0.6) is 11.5 Å². The third kappa shape index (κ3) is 3.61. The number of benzene rings is 1. The molecule has 1 aliphatic heterocycles. The van der Waals surface area contributed by atoms with Crippen LogP contribution in [-0.4, -0.2) is 60.1 Å². The van der Waals surface area contributed by atoms with Crippen LogP contribution in [0.1, 0.15) is 10.4 Å². The molecule has 1 aromatic carbocycles. The molecule has 1 heterocycles. The second-order valence-corrected chi connectivity index (χ2v) is 7.11. The highest BCUT2D eigenvalue weighted by atomic mass is 32.2. The van der Waals surface area contributed by atoms with Gasteiger partial charge in [0.1, 0.15) is 23.2 Å². The molecule has 1 fully saturated rings. The number of esters is 1. The molecule has 3 atom stereocenters. The van der Waals surface area contributed by atoms with Gasteiger partial charge in [-0.2, -0.15) is 0 Å². The fourth-order valence-electron chi connectivity index (χ4n) is 2.23. The van der Waals surface area contributed by atoms with E-state index < -0.39 is 29.1 Å². The molecule has 0 spiro atoms. The van der Waals surface area contributed by atoms with E-state index in [1.807, 2.05) is 0 Å². The Morgan fingerprint density at radius 3 is 2.67 bits per heavy atom. The summed E-state index contributed by atoms with van der Waals surface area (Å²) in [5, 5.41) is 19.0. The molecule has 1 aliphatic rings. The summed E-state index contributed by atoms with van der Waals surface area (Å²) in [6, 6.07) is 4.81. The Bertz CT molecular complexity index is 506. The lowest BCUT2D eigenvalue weighted by Gasteiger charge is -2.16. The van der Waals surface area contributed by atoms with Crippen molar-refractivity contribution in [3.05, 3.63) is 23.8 Å². The minimum atomic E-state index is -0.712. The van der Waals surface area contributed by atoms with Crippen molar-refractivity contribution in [2.24, 2.45) is 0 Å². The zero-order valence-corrected chi connectivity index (χ0v) is 12.9. The number of hydrogen-bond donors (Lipinski definition) is 3. The van der Waals surface area contributed by atoms with Crippen molar-refractivity contribution in [2.45, 2.75) is 12.2 Å². The van der Waals surface area contributed by atoms with Crippen molar-refractivity contribution in [1.82, 2.24) is 0 Å². The fourth-order valence-corrected chi connectivity index (χ4v) is 4.20. The number of ether oxygens (including phenoxy) is 3. The van der Waals surface area contributed by atoms with Crippen molar-refractivity contribution < 1.29 is 29.2 Å². The average Bonchev–Trinajstić information content (AvgIpc) is 2.86. The summed E-state index contributed by atoms with van der Waals surface area (Å²) >= 11 is 0. The Morgan fingerprint density at radius 1 is 1.33 bits per heavy atom. The first-order valence-corrected chi connectivity index (χ1v) is 8.43. The molecular formula is C14H20O6S. The summed E-state index contributed by atoms with van der Waals surface area (Å²) in [7, 11) is 2.32. The molecule has 0 radical (unpaired) electrons. The van der Waals surface area contributed by atoms with E-state index in [9.17, 15) is 9.90 Å². The van der Waals surface area contributed by atoms with Crippen molar-refractivity contribution in [2.75, 3.05) is 31.7 Å². The predicted molar refractivity (Wildman–Crippen MR) is 80.6 cm³/mol. The first-order chi connectivity index (χ1) is 10.1. The Balaban J connectivity index is 2.10. The molecule has 1 aromatic rings. The lowest BCUT2D eigenvalue weighted by atomic mass is 10.2. The molecule has 2 N–H and O–H groups in total. The molecule has 0 bridgehead atoms. The summed E-state index contributed by atoms with van der Waals surface area (Å²) in [5.41, 5.74) is 0.283. The number of thiol groups is 1. The topological polar surface area (TPSA) is 85.2 Å². The van der Waals surface area contributed by atoms with Crippen LogP contribution >= 0.6 is 10.9 Å². The second kappa shape index (κ2) is 7.02. The van der Waals surface area contributed by atoms with Crippen LogP contribution in [0.3, 0.4) is 0 Å². The number of methoxy groups -OCH3 is 2. The first-order valence-electron chi connectivity index (χ1n) is 6.53. The van der Waals surface area contributed by atoms with Crippen molar-refractivity contribution >= 4 is 16.9 Å². The van der Waals surface area contributed by atoms with E-state index in [0.29, 0.717) is 23.0 Å². The standard InChI is InChI=1S/C14H20O6S/c1-18-9-3-4-10(12(5-9)19-2)14(17)20-13-7-21(8-15)6-11(13)16/h3-5,11,13,15-16,21H,6-8H2,1-2H3/t11-,13+/m1/s1. The maximum Gasteiger partial charge on any atom is 0.342 e. The predicted octanol–water partition coefficient (Wildman–Crippen LogP) is 0.555. The van der Waals surface area contributed by atoms with Gasteiger partial charge in [-0.25, -0.2) is 15.7 Å². The smallest absolute Gasteiger partial charge is 0.342 e. The SMILES string of the molecule is COc1ccc(C(=O)O[C@H]2C[SH](CO)C[C@H]2O)c(OC)c1. The number of carbonyl (C=O) groups is 1. The van der Waals surface area contributed by atoms with Crippen LogP contribution in [0.4, 0.5) is 0 Å². The maximum atomic E-state index is 12.2.